The Balaban J connectivity index is 1.60. The number of hydrogen-bond acceptors (Lipinski definition) is 3. The molecule has 0 spiro atoms. The van der Waals surface area contributed by atoms with Crippen LogP contribution in [0.15, 0.2) is 71.4 Å². The molecule has 2 N–H and O–H groups in total. The number of nitrogens with one attached hydrogen (secondary N) is 2. The van der Waals surface area contributed by atoms with Gasteiger partial charge in [0.1, 0.15) is 0 Å². The van der Waals surface area contributed by atoms with Crippen LogP contribution >= 0.6 is 0 Å². The summed E-state index contributed by atoms with van der Waals surface area (Å²) in [7, 11) is 0. The van der Waals surface area contributed by atoms with E-state index < -0.39 is 0 Å². The van der Waals surface area contributed by atoms with Crippen LogP contribution in [0.2, 0.25) is 0 Å². The Kier molecular flexibility index (Phi) is 6.29. The number of carbonyl (C=O) groups is 2. The highest BCUT2D eigenvalue weighted by atomic mass is 16.3. The van der Waals surface area contributed by atoms with Crippen LogP contribution in [0.4, 0.5) is 11.4 Å². The lowest BCUT2D eigenvalue weighted by molar-refractivity contribution is -0.111. The standard InChI is InChI=1S/C24H24N2O3/c1-16(2)19-9-6-18(7-10-19)8-13-23(27)25-20-11-12-21(17(3)15-20)26-24(28)22-5-4-14-29-22/h4-16H,1-3H3,(H,25,27)(H,26,28). The number of rotatable bonds is 6. The summed E-state index contributed by atoms with van der Waals surface area (Å²) >= 11 is 0. The average Bonchev–Trinajstić information content (AvgIpc) is 3.24. The Labute approximate surface area is 170 Å². The minimum Gasteiger partial charge on any atom is -0.459 e. The molecule has 0 bridgehead atoms. The zero-order valence-corrected chi connectivity index (χ0v) is 16.7. The molecule has 0 radical (unpaired) electrons. The zero-order chi connectivity index (χ0) is 20.8. The van der Waals surface area contributed by atoms with Gasteiger partial charge in [0.25, 0.3) is 5.91 Å². The summed E-state index contributed by atoms with van der Waals surface area (Å²) in [4.78, 5) is 24.3. The zero-order valence-electron chi connectivity index (χ0n) is 16.7. The van der Waals surface area contributed by atoms with E-state index in [-0.39, 0.29) is 17.6 Å². The smallest absolute Gasteiger partial charge is 0.291 e. The van der Waals surface area contributed by atoms with Gasteiger partial charge in [0.2, 0.25) is 5.91 Å². The number of furan rings is 1. The highest BCUT2D eigenvalue weighted by Gasteiger charge is 2.10. The lowest BCUT2D eigenvalue weighted by Gasteiger charge is -2.10. The van der Waals surface area contributed by atoms with Crippen molar-refractivity contribution in [2.75, 3.05) is 10.6 Å². The molecule has 29 heavy (non-hydrogen) atoms. The van der Waals surface area contributed by atoms with Crippen LogP contribution < -0.4 is 10.6 Å². The molecule has 0 saturated heterocycles. The molecule has 148 valence electrons. The van der Waals surface area contributed by atoms with E-state index in [2.05, 4.69) is 36.6 Å². The third-order valence-electron chi connectivity index (χ3n) is 4.52. The third kappa shape index (κ3) is 5.45. The second-order valence-electron chi connectivity index (χ2n) is 7.11. The van der Waals surface area contributed by atoms with Crippen molar-refractivity contribution >= 4 is 29.3 Å². The molecular weight excluding hydrogens is 364 g/mol. The van der Waals surface area contributed by atoms with E-state index in [0.29, 0.717) is 17.3 Å². The highest BCUT2D eigenvalue weighted by molar-refractivity contribution is 6.04. The van der Waals surface area contributed by atoms with Gasteiger partial charge in [-0.05, 0) is 65.9 Å². The molecule has 0 saturated carbocycles. The maximum atomic E-state index is 12.2. The van der Waals surface area contributed by atoms with Crippen molar-refractivity contribution < 1.29 is 14.0 Å². The van der Waals surface area contributed by atoms with Crippen LogP contribution in [0.5, 0.6) is 0 Å². The minimum absolute atomic E-state index is 0.218. The first-order valence-corrected chi connectivity index (χ1v) is 9.47. The van der Waals surface area contributed by atoms with Gasteiger partial charge < -0.3 is 15.1 Å². The second-order valence-corrected chi connectivity index (χ2v) is 7.11. The Morgan fingerprint density at radius 3 is 2.38 bits per heavy atom. The summed E-state index contributed by atoms with van der Waals surface area (Å²) in [6.07, 6.45) is 4.74. The quantitative estimate of drug-likeness (QED) is 0.539. The van der Waals surface area contributed by atoms with Crippen LogP contribution in [-0.2, 0) is 4.79 Å². The fourth-order valence-electron chi connectivity index (χ4n) is 2.82. The van der Waals surface area contributed by atoms with Crippen molar-refractivity contribution in [3.63, 3.8) is 0 Å². The van der Waals surface area contributed by atoms with Crippen LogP contribution in [0.1, 0.15) is 47.0 Å². The van der Waals surface area contributed by atoms with Gasteiger partial charge in [0, 0.05) is 17.5 Å². The SMILES string of the molecule is Cc1cc(NC(=O)C=Cc2ccc(C(C)C)cc2)ccc1NC(=O)c1ccco1. The number of aryl methyl sites for hydroxylation is 1. The van der Waals surface area contributed by atoms with Gasteiger partial charge in [-0.3, -0.25) is 9.59 Å². The number of benzene rings is 2. The van der Waals surface area contributed by atoms with Crippen molar-refractivity contribution in [2.24, 2.45) is 0 Å². The Bertz CT molecular complexity index is 1020. The molecule has 5 heteroatoms. The molecule has 0 fully saturated rings. The lowest BCUT2D eigenvalue weighted by Crippen LogP contribution is -2.12. The van der Waals surface area contributed by atoms with Gasteiger partial charge in [-0.1, -0.05) is 38.1 Å². The summed E-state index contributed by atoms with van der Waals surface area (Å²) in [5.41, 5.74) is 4.38. The van der Waals surface area contributed by atoms with E-state index >= 15 is 0 Å². The maximum absolute atomic E-state index is 12.2. The molecule has 2 aromatic carbocycles. The molecule has 2 amide bonds. The Hall–Kier alpha value is -3.60. The maximum Gasteiger partial charge on any atom is 0.291 e. The number of anilines is 2. The number of amides is 2. The first-order valence-electron chi connectivity index (χ1n) is 9.47. The van der Waals surface area contributed by atoms with E-state index in [1.807, 2.05) is 19.1 Å². The van der Waals surface area contributed by atoms with Crippen LogP contribution in [0.3, 0.4) is 0 Å². The predicted octanol–water partition coefficient (Wildman–Crippen LogP) is 5.62. The van der Waals surface area contributed by atoms with Gasteiger partial charge >= 0.3 is 0 Å². The number of hydrogen-bond donors (Lipinski definition) is 2. The summed E-state index contributed by atoms with van der Waals surface area (Å²) in [5.74, 6) is 0.186. The van der Waals surface area contributed by atoms with Crippen molar-refractivity contribution in [1.29, 1.82) is 0 Å². The third-order valence-corrected chi connectivity index (χ3v) is 4.52. The molecule has 0 atom stereocenters. The molecule has 0 aliphatic heterocycles. The topological polar surface area (TPSA) is 71.3 Å². The normalized spacial score (nSPS) is 11.0. The lowest BCUT2D eigenvalue weighted by atomic mass is 10.0. The van der Waals surface area contributed by atoms with Gasteiger partial charge in [-0.15, -0.1) is 0 Å². The minimum atomic E-state index is -0.318. The predicted molar refractivity (Wildman–Crippen MR) is 116 cm³/mol. The summed E-state index contributed by atoms with van der Waals surface area (Å²) < 4.78 is 5.09. The van der Waals surface area contributed by atoms with Crippen LogP contribution in [0.25, 0.3) is 6.08 Å². The molecule has 3 aromatic rings. The molecule has 0 aliphatic carbocycles. The van der Waals surface area contributed by atoms with Crippen molar-refractivity contribution in [2.45, 2.75) is 26.7 Å². The molecule has 1 heterocycles. The van der Waals surface area contributed by atoms with E-state index in [4.69, 9.17) is 4.42 Å². The fraction of sp³-hybridized carbons (Fsp3) is 0.167. The molecular formula is C24H24N2O3. The Morgan fingerprint density at radius 1 is 1.00 bits per heavy atom. The molecule has 0 unspecified atom stereocenters. The van der Waals surface area contributed by atoms with Gasteiger partial charge in [0.15, 0.2) is 5.76 Å². The van der Waals surface area contributed by atoms with Crippen molar-refractivity contribution in [1.82, 2.24) is 0 Å². The van der Waals surface area contributed by atoms with E-state index in [1.165, 1.54) is 17.9 Å². The molecule has 5 nitrogen and oxygen atoms in total. The summed E-state index contributed by atoms with van der Waals surface area (Å²) in [6, 6.07) is 16.7. The first kappa shape index (κ1) is 20.1. The Morgan fingerprint density at radius 2 is 1.76 bits per heavy atom. The van der Waals surface area contributed by atoms with Gasteiger partial charge in [-0.2, -0.15) is 0 Å². The number of carbonyl (C=O) groups excluding carboxylic acids is 2. The molecule has 0 aliphatic rings. The summed E-state index contributed by atoms with van der Waals surface area (Å²) in [6.45, 7) is 6.15. The van der Waals surface area contributed by atoms with Gasteiger partial charge in [0.05, 0.1) is 6.26 Å². The van der Waals surface area contributed by atoms with Crippen molar-refractivity contribution in [3.05, 3.63) is 89.4 Å². The largest absolute Gasteiger partial charge is 0.459 e. The van der Waals surface area contributed by atoms with E-state index in [9.17, 15) is 9.59 Å². The highest BCUT2D eigenvalue weighted by Crippen LogP contribution is 2.21. The van der Waals surface area contributed by atoms with E-state index in [0.717, 1.165) is 11.1 Å². The van der Waals surface area contributed by atoms with Crippen molar-refractivity contribution in [3.8, 4) is 0 Å². The first-order chi connectivity index (χ1) is 13.9. The molecule has 1 aromatic heterocycles. The van der Waals surface area contributed by atoms with Crippen LogP contribution in [-0.4, -0.2) is 11.8 Å². The second kappa shape index (κ2) is 9.06. The van der Waals surface area contributed by atoms with E-state index in [1.54, 1.807) is 36.4 Å². The summed E-state index contributed by atoms with van der Waals surface area (Å²) in [5, 5.41) is 5.63. The fourth-order valence-corrected chi connectivity index (χ4v) is 2.82. The van der Waals surface area contributed by atoms with Gasteiger partial charge in [-0.25, -0.2) is 0 Å². The molecule has 3 rings (SSSR count). The average molecular weight is 388 g/mol. The monoisotopic (exact) mass is 388 g/mol. The van der Waals surface area contributed by atoms with Crippen LogP contribution in [0, 0.1) is 6.92 Å².